The van der Waals surface area contributed by atoms with E-state index in [0.29, 0.717) is 23.3 Å². The smallest absolute Gasteiger partial charge is 0.270 e. The molecule has 1 aromatic carbocycles. The molecule has 4 N–H and O–H groups in total. The molecule has 0 spiro atoms. The van der Waals surface area contributed by atoms with Gasteiger partial charge in [0.15, 0.2) is 0 Å². The summed E-state index contributed by atoms with van der Waals surface area (Å²) >= 11 is 3.00. The number of fused-ring (bicyclic) bond motifs is 1. The summed E-state index contributed by atoms with van der Waals surface area (Å²) in [7, 11) is 1.60. The van der Waals surface area contributed by atoms with Crippen molar-refractivity contribution in [2.45, 2.75) is 29.8 Å². The van der Waals surface area contributed by atoms with Crippen molar-refractivity contribution >= 4 is 45.9 Å². The van der Waals surface area contributed by atoms with Crippen LogP contribution < -0.4 is 15.4 Å². The number of anilines is 1. The molecule has 0 bridgehead atoms. The van der Waals surface area contributed by atoms with Crippen molar-refractivity contribution in [1.82, 2.24) is 25.0 Å². The van der Waals surface area contributed by atoms with Crippen LogP contribution in [-0.4, -0.2) is 40.0 Å². The summed E-state index contributed by atoms with van der Waals surface area (Å²) in [4.78, 5) is 25.2. The molecule has 0 aliphatic heterocycles. The average Bonchev–Trinajstić information content (AvgIpc) is 3.50. The molecule has 1 aliphatic rings. The molecule has 0 radical (unpaired) electrons. The number of nitrogens with one attached hydrogen (secondary N) is 4. The lowest BCUT2D eigenvalue weighted by atomic mass is 9.87. The molecule has 166 valence electrons. The first-order valence-electron chi connectivity index (χ1n) is 10.5. The van der Waals surface area contributed by atoms with E-state index in [0.717, 1.165) is 45.0 Å². The fourth-order valence-corrected chi connectivity index (χ4v) is 5.42. The van der Waals surface area contributed by atoms with Crippen LogP contribution in [0.2, 0.25) is 0 Å². The Labute approximate surface area is 199 Å². The van der Waals surface area contributed by atoms with Crippen molar-refractivity contribution in [3.05, 3.63) is 59.4 Å². The standard InChI is InChI=1S/C23H21N7OS2/c1-25-22(31)19-12-32-23(29-19)18-11-27-21-17(5-6-26-21)20(18)28-14-8-15(9-14)30-33-16-4-2-3-13(7-16)10-24/h2-7,11-12,14-15,30H,8-9H2,1H3,(H,25,31)(H2,26,27,28)/t14-,15-. The van der Waals surface area contributed by atoms with Crippen LogP contribution in [0.1, 0.15) is 28.9 Å². The summed E-state index contributed by atoms with van der Waals surface area (Å²) in [6.07, 6.45) is 5.63. The molecule has 3 aromatic heterocycles. The van der Waals surface area contributed by atoms with Crippen LogP contribution in [0.4, 0.5) is 5.69 Å². The van der Waals surface area contributed by atoms with Gasteiger partial charge in [0.05, 0.1) is 22.9 Å². The first-order chi connectivity index (χ1) is 16.1. The predicted molar refractivity (Wildman–Crippen MR) is 131 cm³/mol. The van der Waals surface area contributed by atoms with Crippen molar-refractivity contribution in [2.75, 3.05) is 12.4 Å². The lowest BCUT2D eigenvalue weighted by molar-refractivity contribution is 0.0959. The van der Waals surface area contributed by atoms with Crippen molar-refractivity contribution in [1.29, 1.82) is 5.26 Å². The highest BCUT2D eigenvalue weighted by Gasteiger charge is 2.30. The van der Waals surface area contributed by atoms with Gasteiger partial charge in [0.1, 0.15) is 16.3 Å². The minimum Gasteiger partial charge on any atom is -0.381 e. The third kappa shape index (κ3) is 4.43. The van der Waals surface area contributed by atoms with Gasteiger partial charge in [-0.05, 0) is 49.1 Å². The van der Waals surface area contributed by atoms with Gasteiger partial charge in [0.25, 0.3) is 5.91 Å². The van der Waals surface area contributed by atoms with Crippen molar-refractivity contribution in [3.63, 3.8) is 0 Å². The van der Waals surface area contributed by atoms with Crippen LogP contribution in [0.3, 0.4) is 0 Å². The number of nitriles is 1. The number of rotatable bonds is 7. The summed E-state index contributed by atoms with van der Waals surface area (Å²) in [5, 5.41) is 18.9. The first-order valence-corrected chi connectivity index (χ1v) is 12.2. The molecule has 1 saturated carbocycles. The fourth-order valence-electron chi connectivity index (χ4n) is 3.77. The third-order valence-electron chi connectivity index (χ3n) is 5.57. The van der Waals surface area contributed by atoms with Crippen LogP contribution in [0.5, 0.6) is 0 Å². The molecule has 3 heterocycles. The lowest BCUT2D eigenvalue weighted by Gasteiger charge is -2.37. The lowest BCUT2D eigenvalue weighted by Crippen LogP contribution is -2.45. The molecule has 0 atom stereocenters. The number of aromatic nitrogens is 3. The van der Waals surface area contributed by atoms with Gasteiger partial charge in [-0.15, -0.1) is 11.3 Å². The second kappa shape index (κ2) is 9.23. The first kappa shape index (κ1) is 21.5. The zero-order chi connectivity index (χ0) is 22.8. The molecule has 33 heavy (non-hydrogen) atoms. The molecule has 1 fully saturated rings. The third-order valence-corrected chi connectivity index (χ3v) is 7.39. The Kier molecular flexibility index (Phi) is 6.00. The summed E-state index contributed by atoms with van der Waals surface area (Å²) < 4.78 is 3.50. The molecule has 8 nitrogen and oxygen atoms in total. The SMILES string of the molecule is CNC(=O)c1csc(-c2cnc3[nH]ccc3c2N[C@H]2C[C@H](NSc3cccc(C#N)c3)C2)n1. The molecular weight excluding hydrogens is 454 g/mol. The minimum absolute atomic E-state index is 0.201. The number of hydrogen-bond donors (Lipinski definition) is 4. The van der Waals surface area contributed by atoms with Gasteiger partial charge in [-0.1, -0.05) is 6.07 Å². The van der Waals surface area contributed by atoms with E-state index < -0.39 is 0 Å². The Bertz CT molecular complexity index is 1350. The van der Waals surface area contributed by atoms with E-state index in [-0.39, 0.29) is 5.91 Å². The maximum Gasteiger partial charge on any atom is 0.270 e. The van der Waals surface area contributed by atoms with Crippen molar-refractivity contribution in [2.24, 2.45) is 0 Å². The van der Waals surface area contributed by atoms with Gasteiger partial charge < -0.3 is 15.6 Å². The van der Waals surface area contributed by atoms with Crippen molar-refractivity contribution in [3.8, 4) is 16.6 Å². The number of thiazole rings is 1. The number of nitrogens with zero attached hydrogens (tertiary/aromatic N) is 3. The van der Waals surface area contributed by atoms with E-state index in [2.05, 4.69) is 36.4 Å². The molecule has 1 amide bonds. The minimum atomic E-state index is -0.201. The van der Waals surface area contributed by atoms with Gasteiger partial charge >= 0.3 is 0 Å². The maximum atomic E-state index is 12.0. The summed E-state index contributed by atoms with van der Waals surface area (Å²) in [5.74, 6) is -0.201. The monoisotopic (exact) mass is 475 g/mol. The predicted octanol–water partition coefficient (Wildman–Crippen LogP) is 4.16. The van der Waals surface area contributed by atoms with E-state index >= 15 is 0 Å². The van der Waals surface area contributed by atoms with Crippen LogP contribution in [0.15, 0.2) is 53.0 Å². The summed E-state index contributed by atoms with van der Waals surface area (Å²) in [5.41, 5.74) is 3.75. The Hall–Kier alpha value is -3.39. The molecule has 10 heteroatoms. The van der Waals surface area contributed by atoms with Gasteiger partial charge in [-0.2, -0.15) is 5.26 Å². The van der Waals surface area contributed by atoms with Crippen molar-refractivity contribution < 1.29 is 4.79 Å². The van der Waals surface area contributed by atoms with Crippen LogP contribution >= 0.6 is 23.3 Å². The molecule has 0 unspecified atom stereocenters. The quantitative estimate of drug-likeness (QED) is 0.296. The Balaban J connectivity index is 1.29. The second-order valence-electron chi connectivity index (χ2n) is 7.77. The van der Waals surface area contributed by atoms with E-state index in [4.69, 9.17) is 5.26 Å². The van der Waals surface area contributed by atoms with Gasteiger partial charge in [-0.25, -0.2) is 9.97 Å². The number of amides is 1. The number of aromatic amines is 1. The molecule has 0 saturated heterocycles. The fraction of sp³-hybridized carbons (Fsp3) is 0.217. The summed E-state index contributed by atoms with van der Waals surface area (Å²) in [6.45, 7) is 0. The van der Waals surface area contributed by atoms with Crippen LogP contribution in [0, 0.1) is 11.3 Å². The number of H-pyrrole nitrogens is 1. The van der Waals surface area contributed by atoms with Crippen LogP contribution in [0.25, 0.3) is 21.6 Å². The number of carbonyl (C=O) groups excluding carboxylic acids is 1. The van der Waals surface area contributed by atoms with Crippen LogP contribution in [-0.2, 0) is 0 Å². The van der Waals surface area contributed by atoms with E-state index in [9.17, 15) is 4.79 Å². The number of carbonyl (C=O) groups is 1. The highest BCUT2D eigenvalue weighted by molar-refractivity contribution is 7.97. The van der Waals surface area contributed by atoms with E-state index in [1.54, 1.807) is 30.6 Å². The van der Waals surface area contributed by atoms with E-state index in [1.807, 2.05) is 36.5 Å². The Morgan fingerprint density at radius 2 is 2.18 bits per heavy atom. The number of hydrogen-bond acceptors (Lipinski definition) is 8. The highest BCUT2D eigenvalue weighted by atomic mass is 32.2. The second-order valence-corrected chi connectivity index (χ2v) is 9.54. The van der Waals surface area contributed by atoms with Gasteiger partial charge in [-0.3, -0.25) is 9.52 Å². The molecule has 1 aliphatic carbocycles. The van der Waals surface area contributed by atoms with Gasteiger partial charge in [0, 0.05) is 47.2 Å². The van der Waals surface area contributed by atoms with Gasteiger partial charge in [0.2, 0.25) is 0 Å². The average molecular weight is 476 g/mol. The largest absolute Gasteiger partial charge is 0.381 e. The topological polar surface area (TPSA) is 119 Å². The Morgan fingerprint density at radius 3 is 3.00 bits per heavy atom. The molecular formula is C23H21N7OS2. The zero-order valence-corrected chi connectivity index (χ0v) is 19.4. The van der Waals surface area contributed by atoms with E-state index in [1.165, 1.54) is 11.3 Å². The molecule has 4 aromatic rings. The number of benzene rings is 1. The maximum absolute atomic E-state index is 12.0. The normalized spacial score (nSPS) is 17.3. The highest BCUT2D eigenvalue weighted by Crippen LogP contribution is 2.38. The Morgan fingerprint density at radius 1 is 1.30 bits per heavy atom. The zero-order valence-electron chi connectivity index (χ0n) is 17.8. The summed E-state index contributed by atoms with van der Waals surface area (Å²) in [6, 6.07) is 12.5. The number of pyridine rings is 1. The molecule has 5 rings (SSSR count).